The van der Waals surface area contributed by atoms with E-state index < -0.39 is 0 Å². The van der Waals surface area contributed by atoms with E-state index in [4.69, 9.17) is 0 Å². The molecule has 126 valence electrons. The van der Waals surface area contributed by atoms with E-state index in [1.54, 1.807) is 18.7 Å². The highest BCUT2D eigenvalue weighted by atomic mass is 32.2. The zero-order valence-corrected chi connectivity index (χ0v) is 14.7. The molecule has 3 aliphatic rings. The molecule has 4 nitrogen and oxygen atoms in total. The number of hydrogen-bond acceptors (Lipinski definition) is 3. The number of thioether (sulfide) groups is 1. The fourth-order valence-corrected chi connectivity index (χ4v) is 4.75. The van der Waals surface area contributed by atoms with E-state index in [1.165, 1.54) is 18.4 Å². The summed E-state index contributed by atoms with van der Waals surface area (Å²) in [5.74, 6) is 0.401. The largest absolute Gasteiger partial charge is 0.339 e. The van der Waals surface area contributed by atoms with Gasteiger partial charge in [-0.05, 0) is 31.1 Å². The molecule has 0 spiro atoms. The van der Waals surface area contributed by atoms with Gasteiger partial charge in [0.15, 0.2) is 0 Å². The minimum absolute atomic E-state index is 0.148. The summed E-state index contributed by atoms with van der Waals surface area (Å²) in [5.41, 5.74) is 2.39. The molecule has 0 aromatic carbocycles. The Labute approximate surface area is 143 Å². The van der Waals surface area contributed by atoms with Crippen molar-refractivity contribution in [2.24, 2.45) is 0 Å². The van der Waals surface area contributed by atoms with E-state index >= 15 is 0 Å². The molecule has 3 heterocycles. The molecular weight excluding hydrogens is 308 g/mol. The summed E-state index contributed by atoms with van der Waals surface area (Å²) >= 11 is 1.78. The third-order valence-electron chi connectivity index (χ3n) is 5.05. The predicted molar refractivity (Wildman–Crippen MR) is 94.1 cm³/mol. The van der Waals surface area contributed by atoms with Crippen molar-refractivity contribution in [3.05, 3.63) is 22.6 Å². The molecule has 0 N–H and O–H groups in total. The van der Waals surface area contributed by atoms with Crippen LogP contribution in [0.15, 0.2) is 22.6 Å². The van der Waals surface area contributed by atoms with Gasteiger partial charge in [-0.1, -0.05) is 24.5 Å². The molecule has 0 aromatic heterocycles. The van der Waals surface area contributed by atoms with Crippen LogP contribution in [0.2, 0.25) is 0 Å². The van der Waals surface area contributed by atoms with E-state index in [0.29, 0.717) is 5.25 Å². The smallest absolute Gasteiger partial charge is 0.250 e. The molecular formula is C18H26N2O2S. The van der Waals surface area contributed by atoms with Crippen molar-refractivity contribution in [3.63, 3.8) is 0 Å². The standard InChI is InChI=1S/C18H26N2O2S/c1-14(21)19-10-6-15(7-11-19)17-12-16(13-23-17)18(22)20-8-4-2-3-5-9-20/h6,13,17H,2-5,7-12H2,1H3. The lowest BCUT2D eigenvalue weighted by molar-refractivity contribution is -0.128. The fraction of sp³-hybridized carbons (Fsp3) is 0.667. The van der Waals surface area contributed by atoms with E-state index in [0.717, 1.165) is 57.4 Å². The van der Waals surface area contributed by atoms with Gasteiger partial charge in [-0.3, -0.25) is 9.59 Å². The quantitative estimate of drug-likeness (QED) is 0.729. The minimum atomic E-state index is 0.148. The van der Waals surface area contributed by atoms with Crippen LogP contribution in [-0.4, -0.2) is 53.0 Å². The molecule has 5 heteroatoms. The molecule has 1 saturated heterocycles. The zero-order chi connectivity index (χ0) is 16.2. The van der Waals surface area contributed by atoms with E-state index in [1.807, 2.05) is 4.90 Å². The summed E-state index contributed by atoms with van der Waals surface area (Å²) < 4.78 is 0. The summed E-state index contributed by atoms with van der Waals surface area (Å²) in [6.07, 6.45) is 8.76. The van der Waals surface area contributed by atoms with Gasteiger partial charge in [0.25, 0.3) is 0 Å². The number of rotatable bonds is 2. The average Bonchev–Trinajstić information content (AvgIpc) is 2.90. The number of amides is 2. The van der Waals surface area contributed by atoms with Crippen molar-refractivity contribution >= 4 is 23.6 Å². The molecule has 0 bridgehead atoms. The van der Waals surface area contributed by atoms with E-state index in [-0.39, 0.29) is 11.8 Å². The Hall–Kier alpha value is -1.23. The van der Waals surface area contributed by atoms with Crippen molar-refractivity contribution in [1.82, 2.24) is 9.80 Å². The number of carbonyl (C=O) groups excluding carboxylic acids is 2. The molecule has 0 aliphatic carbocycles. The first-order chi connectivity index (χ1) is 11.1. The van der Waals surface area contributed by atoms with Gasteiger partial charge in [0.1, 0.15) is 0 Å². The molecule has 0 saturated carbocycles. The van der Waals surface area contributed by atoms with Gasteiger partial charge < -0.3 is 9.80 Å². The second-order valence-corrected chi connectivity index (χ2v) is 7.75. The highest BCUT2D eigenvalue weighted by Gasteiger charge is 2.29. The van der Waals surface area contributed by atoms with Crippen LogP contribution in [0.3, 0.4) is 0 Å². The van der Waals surface area contributed by atoms with Gasteiger partial charge in [0, 0.05) is 43.9 Å². The number of hydrogen-bond donors (Lipinski definition) is 0. The van der Waals surface area contributed by atoms with E-state index in [2.05, 4.69) is 16.4 Å². The van der Waals surface area contributed by atoms with Crippen molar-refractivity contribution in [2.75, 3.05) is 26.2 Å². The Morgan fingerprint density at radius 3 is 2.43 bits per heavy atom. The lowest BCUT2D eigenvalue weighted by atomic mass is 9.99. The van der Waals surface area contributed by atoms with Crippen LogP contribution in [0.1, 0.15) is 45.4 Å². The van der Waals surface area contributed by atoms with Crippen LogP contribution in [-0.2, 0) is 9.59 Å². The molecule has 0 aromatic rings. The second-order valence-electron chi connectivity index (χ2n) is 6.67. The molecule has 3 rings (SSSR count). The molecule has 1 atom stereocenters. The van der Waals surface area contributed by atoms with Crippen molar-refractivity contribution in [3.8, 4) is 0 Å². The highest BCUT2D eigenvalue weighted by molar-refractivity contribution is 8.03. The monoisotopic (exact) mass is 334 g/mol. The lowest BCUT2D eigenvalue weighted by Gasteiger charge is -2.27. The summed E-state index contributed by atoms with van der Waals surface area (Å²) in [6.45, 7) is 5.00. The van der Waals surface area contributed by atoms with Gasteiger partial charge in [-0.2, -0.15) is 0 Å². The molecule has 1 unspecified atom stereocenters. The van der Waals surface area contributed by atoms with Gasteiger partial charge in [0.2, 0.25) is 11.8 Å². The Morgan fingerprint density at radius 2 is 1.83 bits per heavy atom. The van der Waals surface area contributed by atoms with Crippen LogP contribution in [0.25, 0.3) is 0 Å². The number of likely N-dealkylation sites (tertiary alicyclic amines) is 1. The van der Waals surface area contributed by atoms with Gasteiger partial charge >= 0.3 is 0 Å². The zero-order valence-electron chi connectivity index (χ0n) is 13.9. The predicted octanol–water partition coefficient (Wildman–Crippen LogP) is 2.96. The first-order valence-electron chi connectivity index (χ1n) is 8.73. The van der Waals surface area contributed by atoms with Crippen LogP contribution >= 0.6 is 11.8 Å². The maximum absolute atomic E-state index is 12.7. The molecule has 1 fully saturated rings. The maximum atomic E-state index is 12.7. The van der Waals surface area contributed by atoms with Crippen LogP contribution in [0.4, 0.5) is 0 Å². The average molecular weight is 334 g/mol. The molecule has 2 amide bonds. The van der Waals surface area contributed by atoms with E-state index in [9.17, 15) is 9.59 Å². The molecule has 3 aliphatic heterocycles. The van der Waals surface area contributed by atoms with Crippen molar-refractivity contribution < 1.29 is 9.59 Å². The molecule has 0 radical (unpaired) electrons. The lowest BCUT2D eigenvalue weighted by Crippen LogP contribution is -2.34. The van der Waals surface area contributed by atoms with Crippen molar-refractivity contribution in [1.29, 1.82) is 0 Å². The Balaban J connectivity index is 1.55. The van der Waals surface area contributed by atoms with Crippen LogP contribution < -0.4 is 0 Å². The maximum Gasteiger partial charge on any atom is 0.250 e. The number of carbonyl (C=O) groups is 2. The molecule has 23 heavy (non-hydrogen) atoms. The summed E-state index contributed by atoms with van der Waals surface area (Å²) in [4.78, 5) is 28.0. The third-order valence-corrected chi connectivity index (χ3v) is 6.27. The Bertz CT molecular complexity index is 533. The Morgan fingerprint density at radius 1 is 1.09 bits per heavy atom. The first-order valence-corrected chi connectivity index (χ1v) is 9.67. The van der Waals surface area contributed by atoms with Crippen LogP contribution in [0.5, 0.6) is 0 Å². The normalized spacial score (nSPS) is 25.7. The fourth-order valence-electron chi connectivity index (χ4n) is 3.56. The van der Waals surface area contributed by atoms with Crippen molar-refractivity contribution in [2.45, 2.75) is 50.7 Å². The third kappa shape index (κ3) is 4.00. The topological polar surface area (TPSA) is 40.6 Å². The Kier molecular flexibility index (Phi) is 5.46. The van der Waals surface area contributed by atoms with Gasteiger partial charge in [-0.25, -0.2) is 0 Å². The summed E-state index contributed by atoms with van der Waals surface area (Å²) in [5, 5.41) is 2.48. The van der Waals surface area contributed by atoms with Crippen LogP contribution in [0, 0.1) is 0 Å². The minimum Gasteiger partial charge on any atom is -0.339 e. The first kappa shape index (κ1) is 16.6. The highest BCUT2D eigenvalue weighted by Crippen LogP contribution is 2.37. The number of nitrogens with zero attached hydrogens (tertiary/aromatic N) is 2. The summed E-state index contributed by atoms with van der Waals surface area (Å²) in [6, 6.07) is 0. The SMILES string of the molecule is CC(=O)N1CC=C(C2CC(C(=O)N3CCCCCC3)=CS2)CC1. The second kappa shape index (κ2) is 7.56. The van der Waals surface area contributed by atoms with Gasteiger partial charge in [0.05, 0.1) is 0 Å². The summed E-state index contributed by atoms with van der Waals surface area (Å²) in [7, 11) is 0. The van der Waals surface area contributed by atoms with Gasteiger partial charge in [-0.15, -0.1) is 11.8 Å².